The summed E-state index contributed by atoms with van der Waals surface area (Å²) in [6.45, 7) is 1.66. The van der Waals surface area contributed by atoms with Crippen molar-refractivity contribution in [3.63, 3.8) is 0 Å². The SMILES string of the molecule is COC(=O)CC(CC(=O)OC)NC(=O)c1cccc(-c2noc(C)n2)c1. The molecule has 0 spiro atoms. The number of carbonyl (C=O) groups is 3. The second kappa shape index (κ2) is 8.75. The van der Waals surface area contributed by atoms with Crippen molar-refractivity contribution in [3.8, 4) is 11.4 Å². The fourth-order valence-electron chi connectivity index (χ4n) is 2.23. The maximum absolute atomic E-state index is 12.5. The van der Waals surface area contributed by atoms with Gasteiger partial charge in [0, 0.05) is 18.1 Å². The number of esters is 2. The Morgan fingerprint density at radius 1 is 1.15 bits per heavy atom. The zero-order chi connectivity index (χ0) is 19.1. The number of nitrogens with zero attached hydrogens (tertiary/aromatic N) is 2. The summed E-state index contributed by atoms with van der Waals surface area (Å²) in [6.07, 6.45) is -0.303. The van der Waals surface area contributed by atoms with E-state index in [4.69, 9.17) is 4.52 Å². The third-order valence-electron chi connectivity index (χ3n) is 3.53. The minimum absolute atomic E-state index is 0.152. The first-order valence-electron chi connectivity index (χ1n) is 7.78. The van der Waals surface area contributed by atoms with E-state index in [1.54, 1.807) is 31.2 Å². The highest BCUT2D eigenvalue weighted by molar-refractivity contribution is 5.96. The smallest absolute Gasteiger partial charge is 0.307 e. The van der Waals surface area contributed by atoms with Crippen molar-refractivity contribution in [1.82, 2.24) is 15.5 Å². The molecule has 0 radical (unpaired) electrons. The van der Waals surface area contributed by atoms with E-state index in [-0.39, 0.29) is 12.8 Å². The molecule has 0 saturated carbocycles. The van der Waals surface area contributed by atoms with Gasteiger partial charge in [0.2, 0.25) is 11.7 Å². The molecule has 1 heterocycles. The number of methoxy groups -OCH3 is 2. The number of amides is 1. The van der Waals surface area contributed by atoms with Crippen LogP contribution in [0.3, 0.4) is 0 Å². The summed E-state index contributed by atoms with van der Waals surface area (Å²) in [4.78, 5) is 39.6. The van der Waals surface area contributed by atoms with Crippen LogP contribution in [0.5, 0.6) is 0 Å². The summed E-state index contributed by atoms with van der Waals surface area (Å²) >= 11 is 0. The first-order valence-corrected chi connectivity index (χ1v) is 7.78. The molecule has 0 unspecified atom stereocenters. The lowest BCUT2D eigenvalue weighted by molar-refractivity contribution is -0.143. The van der Waals surface area contributed by atoms with E-state index in [1.165, 1.54) is 14.2 Å². The molecule has 0 aliphatic heterocycles. The Balaban J connectivity index is 2.15. The molecule has 0 aliphatic rings. The second-order valence-electron chi connectivity index (χ2n) is 5.45. The van der Waals surface area contributed by atoms with Crippen LogP contribution in [0.1, 0.15) is 29.1 Å². The normalized spacial score (nSPS) is 10.5. The van der Waals surface area contributed by atoms with E-state index in [9.17, 15) is 14.4 Å². The quantitative estimate of drug-likeness (QED) is 0.732. The van der Waals surface area contributed by atoms with Gasteiger partial charge < -0.3 is 19.3 Å². The molecule has 0 aliphatic carbocycles. The average molecular weight is 361 g/mol. The lowest BCUT2D eigenvalue weighted by Crippen LogP contribution is -2.38. The molecule has 0 bridgehead atoms. The summed E-state index contributed by atoms with van der Waals surface area (Å²) in [5.74, 6) is -0.778. The van der Waals surface area contributed by atoms with Crippen LogP contribution in [0.4, 0.5) is 0 Å². The predicted molar refractivity (Wildman–Crippen MR) is 89.0 cm³/mol. The molecule has 1 aromatic carbocycles. The molecule has 2 aromatic rings. The van der Waals surface area contributed by atoms with Crippen molar-refractivity contribution in [2.24, 2.45) is 0 Å². The minimum atomic E-state index is -0.751. The van der Waals surface area contributed by atoms with Gasteiger partial charge >= 0.3 is 11.9 Å². The van der Waals surface area contributed by atoms with E-state index in [0.717, 1.165) is 0 Å². The number of hydrogen-bond acceptors (Lipinski definition) is 8. The van der Waals surface area contributed by atoms with Gasteiger partial charge in [-0.3, -0.25) is 14.4 Å². The Kier molecular flexibility index (Phi) is 6.42. The topological polar surface area (TPSA) is 121 Å². The summed E-state index contributed by atoms with van der Waals surface area (Å²) in [5, 5.41) is 6.45. The standard InChI is InChI=1S/C17H19N3O6/c1-10-18-16(20-26-10)11-5-4-6-12(7-11)17(23)19-13(8-14(21)24-2)9-15(22)25-3/h4-7,13H,8-9H2,1-3H3,(H,19,23). The molecule has 1 N–H and O–H groups in total. The number of hydrogen-bond donors (Lipinski definition) is 1. The number of rotatable bonds is 7. The summed E-state index contributed by atoms with van der Waals surface area (Å²) < 4.78 is 14.1. The van der Waals surface area contributed by atoms with Gasteiger partial charge in [-0.25, -0.2) is 0 Å². The second-order valence-corrected chi connectivity index (χ2v) is 5.45. The Hall–Kier alpha value is -3.23. The molecule has 2 rings (SSSR count). The average Bonchev–Trinajstić information content (AvgIpc) is 3.07. The van der Waals surface area contributed by atoms with Crippen molar-refractivity contribution < 1.29 is 28.4 Å². The number of aromatic nitrogens is 2. The predicted octanol–water partition coefficient (Wildman–Crippen LogP) is 1.27. The van der Waals surface area contributed by atoms with E-state index < -0.39 is 23.9 Å². The molecular weight excluding hydrogens is 342 g/mol. The Morgan fingerprint density at radius 3 is 2.35 bits per heavy atom. The van der Waals surface area contributed by atoms with Crippen LogP contribution in [0, 0.1) is 6.92 Å². The first-order chi connectivity index (χ1) is 12.4. The highest BCUT2D eigenvalue weighted by Gasteiger charge is 2.21. The molecule has 1 aromatic heterocycles. The van der Waals surface area contributed by atoms with E-state index in [0.29, 0.717) is 22.8 Å². The molecule has 26 heavy (non-hydrogen) atoms. The van der Waals surface area contributed by atoms with Gasteiger partial charge in [0.15, 0.2) is 0 Å². The van der Waals surface area contributed by atoms with E-state index in [2.05, 4.69) is 24.9 Å². The van der Waals surface area contributed by atoms with Crippen LogP contribution in [-0.4, -0.2) is 48.2 Å². The third kappa shape index (κ3) is 5.13. The monoisotopic (exact) mass is 361 g/mol. The van der Waals surface area contributed by atoms with Gasteiger partial charge in [0.1, 0.15) is 0 Å². The van der Waals surface area contributed by atoms with Crippen molar-refractivity contribution in [2.75, 3.05) is 14.2 Å². The van der Waals surface area contributed by atoms with Gasteiger partial charge in [-0.2, -0.15) is 4.98 Å². The summed E-state index contributed by atoms with van der Waals surface area (Å²) in [6, 6.07) is 5.84. The molecule has 1 amide bonds. The van der Waals surface area contributed by atoms with Crippen molar-refractivity contribution >= 4 is 17.8 Å². The molecular formula is C17H19N3O6. The fraction of sp³-hybridized carbons (Fsp3) is 0.353. The van der Waals surface area contributed by atoms with Crippen molar-refractivity contribution in [3.05, 3.63) is 35.7 Å². The molecule has 0 fully saturated rings. The largest absolute Gasteiger partial charge is 0.469 e. The van der Waals surface area contributed by atoms with Crippen LogP contribution in [-0.2, 0) is 19.1 Å². The van der Waals surface area contributed by atoms with Gasteiger partial charge in [-0.05, 0) is 12.1 Å². The van der Waals surface area contributed by atoms with Crippen LogP contribution in [0.2, 0.25) is 0 Å². The van der Waals surface area contributed by atoms with E-state index in [1.807, 2.05) is 0 Å². The Bertz CT molecular complexity index is 783. The van der Waals surface area contributed by atoms with Crippen LogP contribution in [0.25, 0.3) is 11.4 Å². The molecule has 9 nitrogen and oxygen atoms in total. The first kappa shape index (κ1) is 19.1. The molecule has 0 saturated heterocycles. The zero-order valence-corrected chi connectivity index (χ0v) is 14.6. The number of carbonyl (C=O) groups excluding carboxylic acids is 3. The zero-order valence-electron chi connectivity index (χ0n) is 14.6. The fourth-order valence-corrected chi connectivity index (χ4v) is 2.23. The summed E-state index contributed by atoms with van der Waals surface area (Å²) in [7, 11) is 2.46. The van der Waals surface area contributed by atoms with Gasteiger partial charge in [-0.1, -0.05) is 17.3 Å². The summed E-state index contributed by atoms with van der Waals surface area (Å²) in [5.41, 5.74) is 0.927. The highest BCUT2D eigenvalue weighted by atomic mass is 16.5. The van der Waals surface area contributed by atoms with Crippen molar-refractivity contribution in [2.45, 2.75) is 25.8 Å². The number of nitrogens with one attached hydrogen (secondary N) is 1. The lowest BCUT2D eigenvalue weighted by Gasteiger charge is -2.16. The Labute approximate surface area is 149 Å². The van der Waals surface area contributed by atoms with Crippen LogP contribution >= 0.6 is 0 Å². The Morgan fingerprint density at radius 2 is 1.81 bits per heavy atom. The molecule has 9 heteroatoms. The van der Waals surface area contributed by atoms with E-state index >= 15 is 0 Å². The van der Waals surface area contributed by atoms with Gasteiger partial charge in [0.25, 0.3) is 5.91 Å². The van der Waals surface area contributed by atoms with Crippen LogP contribution < -0.4 is 5.32 Å². The minimum Gasteiger partial charge on any atom is -0.469 e. The van der Waals surface area contributed by atoms with Crippen molar-refractivity contribution in [1.29, 1.82) is 0 Å². The highest BCUT2D eigenvalue weighted by Crippen LogP contribution is 2.17. The maximum atomic E-state index is 12.5. The number of ether oxygens (including phenoxy) is 2. The number of aryl methyl sites for hydroxylation is 1. The molecule has 0 atom stereocenters. The van der Waals surface area contributed by atoms with Gasteiger partial charge in [0.05, 0.1) is 33.1 Å². The lowest BCUT2D eigenvalue weighted by atomic mass is 10.1. The number of benzene rings is 1. The third-order valence-corrected chi connectivity index (χ3v) is 3.53. The molecule has 138 valence electrons. The van der Waals surface area contributed by atoms with Gasteiger partial charge in [-0.15, -0.1) is 0 Å². The van der Waals surface area contributed by atoms with Crippen LogP contribution in [0.15, 0.2) is 28.8 Å². The maximum Gasteiger partial charge on any atom is 0.307 e.